The van der Waals surface area contributed by atoms with Crippen LogP contribution in [0, 0.1) is 13.8 Å². The van der Waals surface area contributed by atoms with E-state index in [4.69, 9.17) is 4.74 Å². The van der Waals surface area contributed by atoms with E-state index < -0.39 is 18.1 Å². The highest BCUT2D eigenvalue weighted by molar-refractivity contribution is 9.10. The van der Waals surface area contributed by atoms with Gasteiger partial charge in [0.25, 0.3) is 0 Å². The van der Waals surface area contributed by atoms with Gasteiger partial charge in [-0.05, 0) is 37.5 Å². The zero-order valence-electron chi connectivity index (χ0n) is 16.6. The van der Waals surface area contributed by atoms with Crippen molar-refractivity contribution in [3.63, 3.8) is 0 Å². The topological polar surface area (TPSA) is 58.5 Å². The van der Waals surface area contributed by atoms with Gasteiger partial charge in [-0.2, -0.15) is 13.2 Å². The number of hydrogen-bond acceptors (Lipinski definition) is 5. The van der Waals surface area contributed by atoms with Crippen molar-refractivity contribution in [3.8, 4) is 5.75 Å². The molecule has 1 N–H and O–H groups in total. The van der Waals surface area contributed by atoms with Crippen LogP contribution in [0.2, 0.25) is 0 Å². The number of aliphatic hydroxyl groups excluding tert-OH is 1. The van der Waals surface area contributed by atoms with Crippen LogP contribution in [0.4, 0.5) is 19.0 Å². The average Bonchev–Trinajstić information content (AvgIpc) is 2.81. The lowest BCUT2D eigenvalue weighted by Crippen LogP contribution is -2.30. The van der Waals surface area contributed by atoms with Crippen molar-refractivity contribution >= 4 is 21.7 Å². The van der Waals surface area contributed by atoms with E-state index in [9.17, 15) is 18.3 Å². The summed E-state index contributed by atoms with van der Waals surface area (Å²) >= 11 is 3.49. The van der Waals surface area contributed by atoms with Gasteiger partial charge in [0.05, 0.1) is 6.54 Å². The maximum Gasteiger partial charge on any atom is 0.421 e. The van der Waals surface area contributed by atoms with E-state index in [1.54, 1.807) is 6.92 Å². The molecular formula is C20H23BrF3N3O2. The first-order valence-corrected chi connectivity index (χ1v) is 10.1. The first kappa shape index (κ1) is 21.8. The zero-order valence-corrected chi connectivity index (χ0v) is 18.2. The van der Waals surface area contributed by atoms with Gasteiger partial charge in [0.1, 0.15) is 18.2 Å². The number of anilines is 1. The fraction of sp³-hybridized carbons (Fsp3) is 0.500. The number of nitrogens with zero attached hydrogens (tertiary/aromatic N) is 3. The minimum atomic E-state index is -4.83. The maximum atomic E-state index is 13.1. The molecule has 0 bridgehead atoms. The Hall–Kier alpha value is -1.87. The summed E-state index contributed by atoms with van der Waals surface area (Å²) in [6.45, 7) is 8.72. The largest absolute Gasteiger partial charge is 0.491 e. The van der Waals surface area contributed by atoms with Gasteiger partial charge in [-0.1, -0.05) is 29.8 Å². The predicted molar refractivity (Wildman–Crippen MR) is 107 cm³/mol. The molecule has 2 heterocycles. The Balaban J connectivity index is 2.11. The van der Waals surface area contributed by atoms with Crippen LogP contribution in [0.5, 0.6) is 5.75 Å². The second-order valence-electron chi connectivity index (χ2n) is 7.48. The van der Waals surface area contributed by atoms with Crippen LogP contribution >= 0.6 is 15.9 Å². The molecule has 0 radical (unpaired) electrons. The summed E-state index contributed by atoms with van der Waals surface area (Å²) in [5.41, 5.74) is 3.09. The first-order chi connectivity index (χ1) is 13.5. The van der Waals surface area contributed by atoms with Crippen LogP contribution in [-0.2, 0) is 6.54 Å². The molecule has 1 atom stereocenters. The number of hydrogen-bond donors (Lipinski definition) is 1. The molecule has 1 aliphatic rings. The lowest BCUT2D eigenvalue weighted by atomic mass is 10.0. The number of benzene rings is 1. The van der Waals surface area contributed by atoms with Crippen molar-refractivity contribution in [2.24, 2.45) is 0 Å². The van der Waals surface area contributed by atoms with E-state index in [1.807, 2.05) is 37.8 Å². The van der Waals surface area contributed by atoms with E-state index >= 15 is 0 Å². The maximum absolute atomic E-state index is 13.1. The number of fused-ring (bicyclic) bond motifs is 1. The highest BCUT2D eigenvalue weighted by Crippen LogP contribution is 2.37. The Morgan fingerprint density at radius 2 is 1.90 bits per heavy atom. The van der Waals surface area contributed by atoms with Gasteiger partial charge in [0, 0.05) is 27.8 Å². The number of ether oxygens (including phenoxy) is 1. The number of halogens is 4. The smallest absolute Gasteiger partial charge is 0.421 e. The number of aryl methyl sites for hydroxylation is 2. The third kappa shape index (κ3) is 4.50. The number of aliphatic hydroxyl groups is 1. The molecule has 0 saturated carbocycles. The molecule has 9 heteroatoms. The van der Waals surface area contributed by atoms with Gasteiger partial charge < -0.3 is 14.7 Å². The molecule has 5 nitrogen and oxygen atoms in total. The summed E-state index contributed by atoms with van der Waals surface area (Å²) in [6.07, 6.45) is -7.56. The molecule has 1 aromatic heterocycles. The lowest BCUT2D eigenvalue weighted by Gasteiger charge is -2.27. The molecule has 1 unspecified atom stereocenters. The molecule has 3 rings (SSSR count). The Morgan fingerprint density at radius 1 is 1.21 bits per heavy atom. The minimum absolute atomic E-state index is 0.00466. The Labute approximate surface area is 176 Å². The summed E-state index contributed by atoms with van der Waals surface area (Å²) in [6, 6.07) is 3.90. The third-order valence-electron chi connectivity index (χ3n) is 4.85. The van der Waals surface area contributed by atoms with E-state index in [-0.39, 0.29) is 5.92 Å². The minimum Gasteiger partial charge on any atom is -0.491 e. The van der Waals surface area contributed by atoms with Gasteiger partial charge >= 0.3 is 6.18 Å². The highest BCUT2D eigenvalue weighted by atomic mass is 79.9. The van der Waals surface area contributed by atoms with Gasteiger partial charge in [0.2, 0.25) is 6.10 Å². The summed E-state index contributed by atoms with van der Waals surface area (Å²) < 4.78 is 46.1. The molecule has 2 aromatic rings. The second-order valence-corrected chi connectivity index (χ2v) is 8.40. The fourth-order valence-electron chi connectivity index (χ4n) is 3.62. The van der Waals surface area contributed by atoms with Crippen LogP contribution in [0.1, 0.15) is 54.1 Å². The van der Waals surface area contributed by atoms with Crippen LogP contribution in [-0.4, -0.2) is 34.4 Å². The molecule has 0 spiro atoms. The highest BCUT2D eigenvalue weighted by Gasteiger charge is 2.42. The molecule has 0 amide bonds. The van der Waals surface area contributed by atoms with E-state index in [0.717, 1.165) is 26.9 Å². The molecule has 158 valence electrons. The van der Waals surface area contributed by atoms with Crippen molar-refractivity contribution < 1.29 is 23.0 Å². The molecule has 1 aromatic carbocycles. The van der Waals surface area contributed by atoms with Gasteiger partial charge in [-0.3, -0.25) is 0 Å². The molecule has 29 heavy (non-hydrogen) atoms. The Bertz CT molecular complexity index is 919. The van der Waals surface area contributed by atoms with Crippen molar-refractivity contribution in [2.75, 3.05) is 18.1 Å². The van der Waals surface area contributed by atoms with E-state index in [1.165, 1.54) is 0 Å². The van der Waals surface area contributed by atoms with Crippen LogP contribution < -0.4 is 9.64 Å². The SMILES string of the molecule is Cc1cc(Br)cc2c1OCCN(c1nc(C(O)C(F)(F)F)nc(C)c1C(C)C)C2. The Morgan fingerprint density at radius 3 is 2.52 bits per heavy atom. The van der Waals surface area contributed by atoms with Crippen LogP contribution in [0.25, 0.3) is 0 Å². The molecule has 0 aliphatic carbocycles. The summed E-state index contributed by atoms with van der Waals surface area (Å²) in [5.74, 6) is 0.545. The molecular weight excluding hydrogens is 451 g/mol. The third-order valence-corrected chi connectivity index (χ3v) is 5.31. The monoisotopic (exact) mass is 473 g/mol. The van der Waals surface area contributed by atoms with Crippen molar-refractivity contribution in [2.45, 2.75) is 52.4 Å². The quantitative estimate of drug-likeness (QED) is 0.681. The van der Waals surface area contributed by atoms with E-state index in [0.29, 0.717) is 31.2 Å². The molecule has 0 saturated heterocycles. The van der Waals surface area contributed by atoms with Crippen LogP contribution in [0.15, 0.2) is 16.6 Å². The molecule has 1 aliphatic heterocycles. The van der Waals surface area contributed by atoms with Gasteiger partial charge in [0.15, 0.2) is 5.82 Å². The predicted octanol–water partition coefficient (Wildman–Crippen LogP) is 4.97. The average molecular weight is 474 g/mol. The van der Waals surface area contributed by atoms with E-state index in [2.05, 4.69) is 25.9 Å². The normalized spacial score (nSPS) is 15.7. The van der Waals surface area contributed by atoms with Crippen LogP contribution in [0.3, 0.4) is 0 Å². The summed E-state index contributed by atoms with van der Waals surface area (Å²) in [5, 5.41) is 9.72. The lowest BCUT2D eigenvalue weighted by molar-refractivity contribution is -0.209. The van der Waals surface area contributed by atoms with Crippen molar-refractivity contribution in [1.82, 2.24) is 9.97 Å². The van der Waals surface area contributed by atoms with Crippen molar-refractivity contribution in [1.29, 1.82) is 0 Å². The first-order valence-electron chi connectivity index (χ1n) is 9.29. The second kappa shape index (κ2) is 8.10. The standard InChI is InChI=1S/C20H23BrF3N3O2/c1-10(2)15-12(4)25-18(17(28)20(22,23)24)26-19(15)27-5-6-29-16-11(3)7-14(21)8-13(16)9-27/h7-8,10,17,28H,5-6,9H2,1-4H3. The van der Waals surface area contributed by atoms with Gasteiger partial charge in [-0.25, -0.2) is 9.97 Å². The summed E-state index contributed by atoms with van der Waals surface area (Å²) in [4.78, 5) is 10.0. The number of aromatic nitrogens is 2. The Kier molecular flexibility index (Phi) is 6.10. The number of rotatable bonds is 3. The number of alkyl halides is 3. The van der Waals surface area contributed by atoms with Crippen molar-refractivity contribution in [3.05, 3.63) is 44.8 Å². The zero-order chi connectivity index (χ0) is 21.5. The van der Waals surface area contributed by atoms with Gasteiger partial charge in [-0.15, -0.1) is 0 Å². The fourth-order valence-corrected chi connectivity index (χ4v) is 4.24. The molecule has 0 fully saturated rings. The summed E-state index contributed by atoms with van der Waals surface area (Å²) in [7, 11) is 0.